The highest BCUT2D eigenvalue weighted by Gasteiger charge is 2.50. The van der Waals surface area contributed by atoms with Gasteiger partial charge in [-0.05, 0) is 52.0 Å². The molecule has 0 aromatic heterocycles. The van der Waals surface area contributed by atoms with Gasteiger partial charge in [0.15, 0.2) is 0 Å². The van der Waals surface area contributed by atoms with Crippen LogP contribution in [0.3, 0.4) is 0 Å². The predicted octanol–water partition coefficient (Wildman–Crippen LogP) is 4.22. The molecule has 0 bridgehead atoms. The summed E-state index contributed by atoms with van der Waals surface area (Å²) in [4.78, 5) is 14.0. The van der Waals surface area contributed by atoms with E-state index in [0.29, 0.717) is 25.6 Å². The summed E-state index contributed by atoms with van der Waals surface area (Å²) < 4.78 is 17.4. The fourth-order valence-electron chi connectivity index (χ4n) is 3.30. The summed E-state index contributed by atoms with van der Waals surface area (Å²) in [5.74, 6) is 2.45. The largest absolute Gasteiger partial charge is 0.486 e. The molecule has 0 radical (unpaired) electrons. The smallest absolute Gasteiger partial charge is 0.445 e. The first-order chi connectivity index (χ1) is 12.8. The lowest BCUT2D eigenvalue weighted by Crippen LogP contribution is -2.41. The van der Waals surface area contributed by atoms with Gasteiger partial charge in [-0.15, -0.1) is 0 Å². The molecule has 0 atom stereocenters. The molecule has 2 aliphatic rings. The number of likely N-dealkylation sites (tertiary alicyclic amines) is 1. The van der Waals surface area contributed by atoms with Crippen LogP contribution in [0.25, 0.3) is 0 Å². The summed E-state index contributed by atoms with van der Waals surface area (Å²) in [6, 6.07) is 9.76. The number of benzene rings is 1. The molecule has 1 aromatic rings. The second kappa shape index (κ2) is 8.07. The summed E-state index contributed by atoms with van der Waals surface area (Å²) in [6.45, 7) is 9.97. The van der Waals surface area contributed by atoms with E-state index in [1.807, 2.05) is 36.3 Å². The van der Waals surface area contributed by atoms with Crippen LogP contribution in [-0.2, 0) is 20.7 Å². The van der Waals surface area contributed by atoms with Crippen LogP contribution in [0.5, 0.6) is 0 Å². The minimum Gasteiger partial charge on any atom is -0.445 e. The molecule has 2 aliphatic heterocycles. The first-order valence-corrected chi connectivity index (χ1v) is 9.76. The molecule has 0 spiro atoms. The van der Waals surface area contributed by atoms with Gasteiger partial charge in [-0.25, -0.2) is 4.79 Å². The average Bonchev–Trinajstić information content (AvgIpc) is 2.86. The third-order valence-corrected chi connectivity index (χ3v) is 5.81. The maximum atomic E-state index is 12.2. The van der Waals surface area contributed by atoms with Crippen LogP contribution in [0, 0.1) is 5.92 Å². The summed E-state index contributed by atoms with van der Waals surface area (Å²) in [5.41, 5.74) is 0.382. The molecule has 0 N–H and O–H groups in total. The summed E-state index contributed by atoms with van der Waals surface area (Å²) in [7, 11) is -0.302. The van der Waals surface area contributed by atoms with Gasteiger partial charge in [0.2, 0.25) is 0 Å². The highest BCUT2D eigenvalue weighted by atomic mass is 16.7. The van der Waals surface area contributed by atoms with Crippen LogP contribution in [-0.4, -0.2) is 42.4 Å². The number of carbonyl (C=O) groups excluding carboxylic acids is 1. The van der Waals surface area contributed by atoms with E-state index >= 15 is 0 Å². The van der Waals surface area contributed by atoms with E-state index in [1.165, 1.54) is 0 Å². The number of nitrogens with zero attached hydrogens (tertiary/aromatic N) is 1. The molecule has 146 valence electrons. The minimum atomic E-state index is -0.312. The van der Waals surface area contributed by atoms with Crippen LogP contribution < -0.4 is 0 Å². The second-order valence-electron chi connectivity index (χ2n) is 8.37. The third kappa shape index (κ3) is 4.93. The molecular weight excluding hydrogens is 341 g/mol. The molecule has 0 saturated carbocycles. The zero-order valence-electron chi connectivity index (χ0n) is 16.8. The van der Waals surface area contributed by atoms with Crippen molar-refractivity contribution in [2.75, 3.05) is 13.1 Å². The summed E-state index contributed by atoms with van der Waals surface area (Å²) in [5, 5.41) is 0. The molecule has 5 nitrogen and oxygen atoms in total. The Morgan fingerprint density at radius 2 is 1.74 bits per heavy atom. The van der Waals surface area contributed by atoms with Crippen molar-refractivity contribution in [3.8, 4) is 0 Å². The number of hydrogen-bond acceptors (Lipinski definition) is 4. The molecule has 2 fully saturated rings. The van der Waals surface area contributed by atoms with Gasteiger partial charge in [-0.1, -0.05) is 42.4 Å². The van der Waals surface area contributed by atoms with Gasteiger partial charge in [0.25, 0.3) is 0 Å². The Morgan fingerprint density at radius 1 is 1.15 bits per heavy atom. The maximum absolute atomic E-state index is 12.2. The summed E-state index contributed by atoms with van der Waals surface area (Å²) >= 11 is 0. The number of ether oxygens (including phenoxy) is 1. The van der Waals surface area contributed by atoms with E-state index in [4.69, 9.17) is 14.0 Å². The molecule has 3 rings (SSSR count). The minimum absolute atomic E-state index is 0.229. The van der Waals surface area contributed by atoms with Crippen molar-refractivity contribution in [3.63, 3.8) is 0 Å². The van der Waals surface area contributed by atoms with Crippen molar-refractivity contribution < 1.29 is 18.8 Å². The topological polar surface area (TPSA) is 48.0 Å². The number of amides is 1. The van der Waals surface area contributed by atoms with Crippen LogP contribution in [0.2, 0.25) is 0 Å². The van der Waals surface area contributed by atoms with Gasteiger partial charge in [0.05, 0.1) is 11.2 Å². The van der Waals surface area contributed by atoms with E-state index < -0.39 is 0 Å². The van der Waals surface area contributed by atoms with Crippen LogP contribution in [0.1, 0.15) is 46.1 Å². The van der Waals surface area contributed by atoms with E-state index in [9.17, 15) is 4.79 Å². The second-order valence-corrected chi connectivity index (χ2v) is 8.37. The molecular formula is C21H30BNO4. The van der Waals surface area contributed by atoms with Crippen molar-refractivity contribution >= 4 is 13.2 Å². The standard InChI is InChI=1S/C21H30BNO4/c1-20(2)21(3,4)27-22(26-20)13-10-17-11-14-23(15-12-17)19(24)25-16-18-8-6-5-7-9-18/h5-10,13,17H,11-12,14-16H2,1-4H3/b13-10+. The lowest BCUT2D eigenvalue weighted by molar-refractivity contribution is 0.00578. The zero-order valence-corrected chi connectivity index (χ0v) is 16.8. The van der Waals surface area contributed by atoms with Crippen molar-refractivity contribution in [2.24, 2.45) is 5.92 Å². The number of rotatable bonds is 4. The fraction of sp³-hybridized carbons (Fsp3) is 0.571. The first-order valence-electron chi connectivity index (χ1n) is 9.76. The van der Waals surface area contributed by atoms with E-state index in [-0.39, 0.29) is 24.4 Å². The first kappa shape index (κ1) is 20.0. The maximum Gasteiger partial charge on any atom is 0.486 e. The number of allylic oxidation sites excluding steroid dienone is 1. The normalized spacial score (nSPS) is 22.4. The third-order valence-electron chi connectivity index (χ3n) is 5.81. The van der Waals surface area contributed by atoms with Crippen molar-refractivity contribution in [1.82, 2.24) is 4.90 Å². The van der Waals surface area contributed by atoms with Gasteiger partial charge in [-0.2, -0.15) is 0 Å². The SMILES string of the molecule is CC1(C)OB(/C=C/C2CCN(C(=O)OCc3ccccc3)CC2)OC1(C)C. The summed E-state index contributed by atoms with van der Waals surface area (Å²) in [6.07, 6.45) is 3.80. The molecule has 1 amide bonds. The quantitative estimate of drug-likeness (QED) is 0.744. The van der Waals surface area contributed by atoms with Crippen LogP contribution in [0.15, 0.2) is 42.4 Å². The zero-order chi connectivity index (χ0) is 19.5. The Morgan fingerprint density at radius 3 is 2.33 bits per heavy atom. The molecule has 1 aromatic carbocycles. The molecule has 2 saturated heterocycles. The Kier molecular flexibility index (Phi) is 5.97. The van der Waals surface area contributed by atoms with Crippen molar-refractivity contribution in [1.29, 1.82) is 0 Å². The molecule has 0 unspecified atom stereocenters. The van der Waals surface area contributed by atoms with Gasteiger partial charge >= 0.3 is 13.2 Å². The van der Waals surface area contributed by atoms with Gasteiger partial charge in [0, 0.05) is 13.1 Å². The lowest BCUT2D eigenvalue weighted by atomic mass is 9.86. The number of hydrogen-bond donors (Lipinski definition) is 0. The lowest BCUT2D eigenvalue weighted by Gasteiger charge is -2.32. The van der Waals surface area contributed by atoms with Crippen LogP contribution >= 0.6 is 0 Å². The Balaban J connectivity index is 1.42. The van der Waals surface area contributed by atoms with E-state index in [0.717, 1.165) is 18.4 Å². The molecule has 27 heavy (non-hydrogen) atoms. The molecule has 0 aliphatic carbocycles. The van der Waals surface area contributed by atoms with Crippen molar-refractivity contribution in [3.05, 3.63) is 47.9 Å². The average molecular weight is 371 g/mol. The van der Waals surface area contributed by atoms with E-state index in [2.05, 4.69) is 33.8 Å². The predicted molar refractivity (Wildman–Crippen MR) is 106 cm³/mol. The number of piperidine rings is 1. The Hall–Kier alpha value is -1.79. The number of carbonyl (C=O) groups is 1. The monoisotopic (exact) mass is 371 g/mol. The highest BCUT2D eigenvalue weighted by molar-refractivity contribution is 6.51. The molecule has 6 heteroatoms. The van der Waals surface area contributed by atoms with Gasteiger partial charge < -0.3 is 18.9 Å². The fourth-order valence-corrected chi connectivity index (χ4v) is 3.30. The van der Waals surface area contributed by atoms with Gasteiger partial charge in [0.1, 0.15) is 6.61 Å². The molecule has 2 heterocycles. The van der Waals surface area contributed by atoms with Crippen LogP contribution in [0.4, 0.5) is 4.79 Å². The van der Waals surface area contributed by atoms with Crippen molar-refractivity contribution in [2.45, 2.75) is 58.3 Å². The van der Waals surface area contributed by atoms with E-state index in [1.54, 1.807) is 4.90 Å². The Bertz CT molecular complexity index is 650. The van der Waals surface area contributed by atoms with Gasteiger partial charge in [-0.3, -0.25) is 0 Å². The highest BCUT2D eigenvalue weighted by Crippen LogP contribution is 2.37. The Labute approximate surface area is 162 Å².